The molecule has 27 heavy (non-hydrogen) atoms. The second kappa shape index (κ2) is 7.32. The molecule has 2 heterocycles. The zero-order valence-corrected chi connectivity index (χ0v) is 14.9. The number of nitrogens with zero attached hydrogens (tertiary/aromatic N) is 1. The van der Waals surface area contributed by atoms with E-state index in [1.807, 2.05) is 30.3 Å². The molecule has 0 saturated carbocycles. The van der Waals surface area contributed by atoms with E-state index in [1.165, 1.54) is 11.0 Å². The van der Waals surface area contributed by atoms with Crippen LogP contribution in [0, 0.1) is 0 Å². The fourth-order valence-electron chi connectivity index (χ4n) is 3.57. The second-order valence-electron chi connectivity index (χ2n) is 6.92. The van der Waals surface area contributed by atoms with E-state index in [1.54, 1.807) is 12.1 Å². The lowest BCUT2D eigenvalue weighted by atomic mass is 10.0. The van der Waals surface area contributed by atoms with E-state index in [2.05, 4.69) is 10.6 Å². The summed E-state index contributed by atoms with van der Waals surface area (Å²) in [6.45, 7) is 1.96. The van der Waals surface area contributed by atoms with Gasteiger partial charge in [0, 0.05) is 24.7 Å². The second-order valence-corrected chi connectivity index (χ2v) is 6.92. The van der Waals surface area contributed by atoms with E-state index in [0.717, 1.165) is 25.1 Å². The molecule has 6 heteroatoms. The first-order chi connectivity index (χ1) is 13.1. The van der Waals surface area contributed by atoms with Gasteiger partial charge in [-0.2, -0.15) is 0 Å². The average Bonchev–Trinajstić information content (AvgIpc) is 3.28. The quantitative estimate of drug-likeness (QED) is 0.792. The summed E-state index contributed by atoms with van der Waals surface area (Å²) >= 11 is 0. The largest absolute Gasteiger partial charge is 0.348 e. The van der Waals surface area contributed by atoms with E-state index >= 15 is 0 Å². The molecule has 0 bridgehead atoms. The number of benzene rings is 2. The normalized spacial score (nSPS) is 18.7. The standard InChI is InChI=1S/C21H21N3O3/c25-19(23-16-8-10-22-13-16)15-6-7-17-18(12-15)21(27)24(20(17)26)11-9-14-4-2-1-3-5-14/h1-7,12,16,22H,8-11,13H2,(H,23,25). The van der Waals surface area contributed by atoms with Gasteiger partial charge in [-0.25, -0.2) is 0 Å². The van der Waals surface area contributed by atoms with E-state index < -0.39 is 0 Å². The van der Waals surface area contributed by atoms with Crippen LogP contribution in [0.1, 0.15) is 43.1 Å². The zero-order valence-electron chi connectivity index (χ0n) is 14.9. The predicted molar refractivity (Wildman–Crippen MR) is 101 cm³/mol. The first-order valence-electron chi connectivity index (χ1n) is 9.19. The van der Waals surface area contributed by atoms with E-state index in [0.29, 0.717) is 29.7 Å². The van der Waals surface area contributed by atoms with Gasteiger partial charge in [-0.05, 0) is 43.1 Å². The van der Waals surface area contributed by atoms with Gasteiger partial charge in [0.2, 0.25) is 0 Å². The van der Waals surface area contributed by atoms with Crippen LogP contribution >= 0.6 is 0 Å². The van der Waals surface area contributed by atoms with Crippen molar-refractivity contribution in [2.24, 2.45) is 0 Å². The molecule has 1 saturated heterocycles. The van der Waals surface area contributed by atoms with Crippen LogP contribution in [-0.4, -0.2) is 48.3 Å². The molecule has 6 nitrogen and oxygen atoms in total. The van der Waals surface area contributed by atoms with Crippen LogP contribution in [0.25, 0.3) is 0 Å². The lowest BCUT2D eigenvalue weighted by Crippen LogP contribution is -2.36. The lowest BCUT2D eigenvalue weighted by molar-refractivity contribution is 0.0656. The van der Waals surface area contributed by atoms with Crippen LogP contribution in [0.2, 0.25) is 0 Å². The molecule has 3 amide bonds. The highest BCUT2D eigenvalue weighted by Crippen LogP contribution is 2.24. The molecule has 1 atom stereocenters. The third-order valence-corrected chi connectivity index (χ3v) is 5.10. The SMILES string of the molecule is O=C(NC1CCNC1)c1ccc2c(c1)C(=O)N(CCc1ccccc1)C2=O. The van der Waals surface area contributed by atoms with Crippen molar-refractivity contribution in [2.45, 2.75) is 18.9 Å². The Kier molecular flexibility index (Phi) is 4.73. The number of fused-ring (bicyclic) bond motifs is 1. The topological polar surface area (TPSA) is 78.5 Å². The molecular formula is C21H21N3O3. The van der Waals surface area contributed by atoms with Crippen molar-refractivity contribution in [3.8, 4) is 0 Å². The summed E-state index contributed by atoms with van der Waals surface area (Å²) in [5.74, 6) is -0.838. The Balaban J connectivity index is 1.48. The van der Waals surface area contributed by atoms with Crippen molar-refractivity contribution in [1.82, 2.24) is 15.5 Å². The van der Waals surface area contributed by atoms with Gasteiger partial charge in [-0.1, -0.05) is 30.3 Å². The molecule has 0 aliphatic carbocycles. The number of rotatable bonds is 5. The molecule has 0 radical (unpaired) electrons. The fraction of sp³-hybridized carbons (Fsp3) is 0.286. The molecular weight excluding hydrogens is 342 g/mol. The molecule has 2 aromatic carbocycles. The Morgan fingerprint density at radius 3 is 2.59 bits per heavy atom. The van der Waals surface area contributed by atoms with Crippen molar-refractivity contribution in [3.63, 3.8) is 0 Å². The van der Waals surface area contributed by atoms with E-state index in [9.17, 15) is 14.4 Å². The van der Waals surface area contributed by atoms with Gasteiger partial charge >= 0.3 is 0 Å². The maximum Gasteiger partial charge on any atom is 0.261 e. The van der Waals surface area contributed by atoms with Gasteiger partial charge in [-0.15, -0.1) is 0 Å². The van der Waals surface area contributed by atoms with Gasteiger partial charge in [-0.3, -0.25) is 19.3 Å². The molecule has 2 N–H and O–H groups in total. The zero-order chi connectivity index (χ0) is 18.8. The van der Waals surface area contributed by atoms with Crippen molar-refractivity contribution in [1.29, 1.82) is 0 Å². The number of hydrogen-bond acceptors (Lipinski definition) is 4. The Hall–Kier alpha value is -2.99. The fourth-order valence-corrected chi connectivity index (χ4v) is 3.57. The minimum atomic E-state index is -0.330. The van der Waals surface area contributed by atoms with E-state index in [-0.39, 0.29) is 23.8 Å². The van der Waals surface area contributed by atoms with Crippen LogP contribution in [0.3, 0.4) is 0 Å². The summed E-state index contributed by atoms with van der Waals surface area (Å²) in [5, 5.41) is 6.16. The van der Waals surface area contributed by atoms with Crippen molar-refractivity contribution in [2.75, 3.05) is 19.6 Å². The smallest absolute Gasteiger partial charge is 0.261 e. The van der Waals surface area contributed by atoms with Crippen LogP contribution in [-0.2, 0) is 6.42 Å². The van der Waals surface area contributed by atoms with E-state index in [4.69, 9.17) is 0 Å². The molecule has 0 spiro atoms. The first kappa shape index (κ1) is 17.4. The Morgan fingerprint density at radius 2 is 1.85 bits per heavy atom. The highest BCUT2D eigenvalue weighted by atomic mass is 16.2. The Morgan fingerprint density at radius 1 is 1.07 bits per heavy atom. The average molecular weight is 363 g/mol. The summed E-state index contributed by atoms with van der Waals surface area (Å²) in [6, 6.07) is 14.6. The number of hydrogen-bond donors (Lipinski definition) is 2. The highest BCUT2D eigenvalue weighted by Gasteiger charge is 2.35. The van der Waals surface area contributed by atoms with Crippen molar-refractivity contribution >= 4 is 17.7 Å². The molecule has 4 rings (SSSR count). The van der Waals surface area contributed by atoms with Gasteiger partial charge in [0.05, 0.1) is 11.1 Å². The summed E-state index contributed by atoms with van der Waals surface area (Å²) in [6.07, 6.45) is 1.50. The Bertz CT molecular complexity index is 889. The third-order valence-electron chi connectivity index (χ3n) is 5.10. The summed E-state index contributed by atoms with van der Waals surface area (Å²) in [5.41, 5.74) is 2.16. The van der Waals surface area contributed by atoms with Gasteiger partial charge in [0.15, 0.2) is 0 Å². The monoisotopic (exact) mass is 363 g/mol. The maximum atomic E-state index is 12.7. The minimum absolute atomic E-state index is 0.102. The molecule has 2 aliphatic heterocycles. The van der Waals surface area contributed by atoms with Gasteiger partial charge in [0.25, 0.3) is 17.7 Å². The number of amides is 3. The number of carbonyl (C=O) groups is 3. The van der Waals surface area contributed by atoms with Gasteiger partial charge in [0.1, 0.15) is 0 Å². The summed E-state index contributed by atoms with van der Waals surface area (Å²) < 4.78 is 0. The number of imide groups is 1. The third kappa shape index (κ3) is 3.48. The molecule has 1 fully saturated rings. The lowest BCUT2D eigenvalue weighted by Gasteiger charge is -2.13. The molecule has 138 valence electrons. The minimum Gasteiger partial charge on any atom is -0.348 e. The summed E-state index contributed by atoms with van der Waals surface area (Å²) in [4.78, 5) is 39.0. The van der Waals surface area contributed by atoms with Crippen LogP contribution < -0.4 is 10.6 Å². The van der Waals surface area contributed by atoms with Crippen molar-refractivity contribution < 1.29 is 14.4 Å². The Labute approximate surface area is 157 Å². The van der Waals surface area contributed by atoms with Crippen LogP contribution in [0.5, 0.6) is 0 Å². The molecule has 2 aromatic rings. The van der Waals surface area contributed by atoms with Gasteiger partial charge < -0.3 is 10.6 Å². The first-order valence-corrected chi connectivity index (χ1v) is 9.19. The van der Waals surface area contributed by atoms with Crippen molar-refractivity contribution in [3.05, 3.63) is 70.8 Å². The number of carbonyl (C=O) groups excluding carboxylic acids is 3. The molecule has 1 unspecified atom stereocenters. The number of nitrogens with one attached hydrogen (secondary N) is 2. The molecule has 2 aliphatic rings. The highest BCUT2D eigenvalue weighted by molar-refractivity contribution is 6.22. The maximum absolute atomic E-state index is 12.7. The summed E-state index contributed by atoms with van der Waals surface area (Å²) in [7, 11) is 0. The molecule has 0 aromatic heterocycles. The van der Waals surface area contributed by atoms with Crippen LogP contribution in [0.4, 0.5) is 0 Å². The van der Waals surface area contributed by atoms with Crippen LogP contribution in [0.15, 0.2) is 48.5 Å². The predicted octanol–water partition coefficient (Wildman–Crippen LogP) is 1.62.